The molecular formula is C16H22N4. The minimum absolute atomic E-state index is 0.336. The molecule has 0 spiro atoms. The fraction of sp³-hybridized carbons (Fsp3) is 0.500. The summed E-state index contributed by atoms with van der Waals surface area (Å²) in [6.07, 6.45) is 6.55. The summed E-state index contributed by atoms with van der Waals surface area (Å²) >= 11 is 0. The molecule has 106 valence electrons. The Balaban J connectivity index is 1.87. The summed E-state index contributed by atoms with van der Waals surface area (Å²) in [5.74, 6) is 1.20. The summed E-state index contributed by atoms with van der Waals surface area (Å²) in [6, 6.07) is 8.01. The monoisotopic (exact) mass is 270 g/mol. The molecule has 0 atom stereocenters. The minimum atomic E-state index is 0.336. The van der Waals surface area contributed by atoms with Gasteiger partial charge in [-0.2, -0.15) is 4.98 Å². The number of nitrogens with zero attached hydrogens (tertiary/aromatic N) is 2. The number of benzene rings is 1. The van der Waals surface area contributed by atoms with Gasteiger partial charge in [-0.3, -0.25) is 0 Å². The highest BCUT2D eigenvalue weighted by atomic mass is 15.1. The Hall–Kier alpha value is -1.84. The fourth-order valence-electron chi connectivity index (χ4n) is 3.28. The predicted octanol–water partition coefficient (Wildman–Crippen LogP) is 3.59. The number of nitrogen functional groups attached to an aromatic ring is 1. The van der Waals surface area contributed by atoms with Gasteiger partial charge in [0.05, 0.1) is 5.52 Å². The average Bonchev–Trinajstić information content (AvgIpc) is 2.94. The van der Waals surface area contributed by atoms with Crippen molar-refractivity contribution in [1.29, 1.82) is 0 Å². The summed E-state index contributed by atoms with van der Waals surface area (Å²) in [5, 5.41) is 4.58. The molecule has 1 aromatic carbocycles. The zero-order chi connectivity index (χ0) is 14.0. The lowest BCUT2D eigenvalue weighted by molar-refractivity contribution is 0.306. The van der Waals surface area contributed by atoms with Gasteiger partial charge in [0.2, 0.25) is 5.95 Å². The second-order valence-corrected chi connectivity index (χ2v) is 5.86. The van der Waals surface area contributed by atoms with Crippen molar-refractivity contribution >= 4 is 22.7 Å². The van der Waals surface area contributed by atoms with Crippen LogP contribution in [0.1, 0.15) is 39.0 Å². The van der Waals surface area contributed by atoms with Crippen LogP contribution in [0.3, 0.4) is 0 Å². The van der Waals surface area contributed by atoms with Crippen LogP contribution in [0, 0.1) is 5.41 Å². The molecule has 0 radical (unpaired) electrons. The normalized spacial score (nSPS) is 17.4. The van der Waals surface area contributed by atoms with Gasteiger partial charge in [0, 0.05) is 11.9 Å². The van der Waals surface area contributed by atoms with Crippen LogP contribution in [0.2, 0.25) is 0 Å². The SMILES string of the molecule is CCC1(CNc2nc(N)nc3ccccc23)CCCC1. The number of rotatable bonds is 4. The van der Waals surface area contributed by atoms with Crippen LogP contribution in [0.4, 0.5) is 11.8 Å². The fourth-order valence-corrected chi connectivity index (χ4v) is 3.28. The van der Waals surface area contributed by atoms with E-state index in [1.54, 1.807) is 0 Å². The zero-order valence-electron chi connectivity index (χ0n) is 12.0. The Morgan fingerprint density at radius 1 is 1.20 bits per heavy atom. The number of aromatic nitrogens is 2. The predicted molar refractivity (Wildman–Crippen MR) is 83.6 cm³/mol. The van der Waals surface area contributed by atoms with E-state index in [1.165, 1.54) is 32.1 Å². The van der Waals surface area contributed by atoms with Crippen molar-refractivity contribution in [1.82, 2.24) is 9.97 Å². The quantitative estimate of drug-likeness (QED) is 0.891. The molecule has 0 amide bonds. The first-order chi connectivity index (χ1) is 9.72. The van der Waals surface area contributed by atoms with Crippen molar-refractivity contribution in [3.05, 3.63) is 24.3 Å². The lowest BCUT2D eigenvalue weighted by Crippen LogP contribution is -2.26. The molecule has 1 heterocycles. The van der Waals surface area contributed by atoms with E-state index in [1.807, 2.05) is 24.3 Å². The van der Waals surface area contributed by atoms with Crippen LogP contribution in [0.15, 0.2) is 24.3 Å². The largest absolute Gasteiger partial charge is 0.369 e. The summed E-state index contributed by atoms with van der Waals surface area (Å²) in [7, 11) is 0. The number of nitrogens with two attached hydrogens (primary N) is 1. The highest BCUT2D eigenvalue weighted by Gasteiger charge is 2.31. The van der Waals surface area contributed by atoms with Gasteiger partial charge in [0.1, 0.15) is 5.82 Å². The van der Waals surface area contributed by atoms with Gasteiger partial charge >= 0.3 is 0 Å². The van der Waals surface area contributed by atoms with E-state index in [-0.39, 0.29) is 0 Å². The number of para-hydroxylation sites is 1. The van der Waals surface area contributed by atoms with Crippen molar-refractivity contribution in [3.63, 3.8) is 0 Å². The molecule has 2 aromatic rings. The third kappa shape index (κ3) is 2.42. The van der Waals surface area contributed by atoms with Crippen molar-refractivity contribution in [2.24, 2.45) is 5.41 Å². The first kappa shape index (κ1) is 13.2. The standard InChI is InChI=1S/C16H22N4/c1-2-16(9-5-6-10-16)11-18-14-12-7-3-4-8-13(12)19-15(17)20-14/h3-4,7-8H,2,5-6,9-11H2,1H3,(H3,17,18,19,20). The maximum absolute atomic E-state index is 5.81. The lowest BCUT2D eigenvalue weighted by Gasteiger charge is -2.28. The molecule has 3 N–H and O–H groups in total. The molecule has 0 saturated heterocycles. The summed E-state index contributed by atoms with van der Waals surface area (Å²) in [4.78, 5) is 8.66. The molecule has 1 saturated carbocycles. The third-order valence-electron chi connectivity index (χ3n) is 4.67. The molecule has 1 aliphatic carbocycles. The Bertz CT molecular complexity index is 602. The number of hydrogen-bond donors (Lipinski definition) is 2. The highest BCUT2D eigenvalue weighted by Crippen LogP contribution is 2.41. The maximum atomic E-state index is 5.81. The lowest BCUT2D eigenvalue weighted by atomic mass is 9.83. The van der Waals surface area contributed by atoms with Crippen LogP contribution < -0.4 is 11.1 Å². The van der Waals surface area contributed by atoms with Gasteiger partial charge in [0.25, 0.3) is 0 Å². The van der Waals surface area contributed by atoms with E-state index in [2.05, 4.69) is 22.2 Å². The van der Waals surface area contributed by atoms with E-state index < -0.39 is 0 Å². The summed E-state index contributed by atoms with van der Waals surface area (Å²) in [6.45, 7) is 3.27. The van der Waals surface area contributed by atoms with E-state index >= 15 is 0 Å². The second-order valence-electron chi connectivity index (χ2n) is 5.86. The smallest absolute Gasteiger partial charge is 0.222 e. The zero-order valence-corrected chi connectivity index (χ0v) is 12.0. The molecular weight excluding hydrogens is 248 g/mol. The Morgan fingerprint density at radius 2 is 1.95 bits per heavy atom. The Labute approximate surface area is 119 Å². The van der Waals surface area contributed by atoms with Crippen molar-refractivity contribution in [3.8, 4) is 0 Å². The molecule has 1 aromatic heterocycles. The van der Waals surface area contributed by atoms with Crippen LogP contribution in [-0.2, 0) is 0 Å². The molecule has 3 rings (SSSR count). The molecule has 1 aliphatic rings. The molecule has 4 heteroatoms. The maximum Gasteiger partial charge on any atom is 0.222 e. The molecule has 0 aliphatic heterocycles. The van der Waals surface area contributed by atoms with E-state index in [0.717, 1.165) is 23.3 Å². The average molecular weight is 270 g/mol. The number of nitrogens with one attached hydrogen (secondary N) is 1. The molecule has 4 nitrogen and oxygen atoms in total. The molecule has 1 fully saturated rings. The van der Waals surface area contributed by atoms with Crippen LogP contribution >= 0.6 is 0 Å². The minimum Gasteiger partial charge on any atom is -0.369 e. The first-order valence-corrected chi connectivity index (χ1v) is 7.49. The second kappa shape index (κ2) is 5.27. The summed E-state index contributed by atoms with van der Waals surface area (Å²) < 4.78 is 0. The van der Waals surface area contributed by atoms with Crippen molar-refractivity contribution in [2.45, 2.75) is 39.0 Å². The van der Waals surface area contributed by atoms with Gasteiger partial charge in [-0.1, -0.05) is 31.9 Å². The van der Waals surface area contributed by atoms with Crippen LogP contribution in [-0.4, -0.2) is 16.5 Å². The highest BCUT2D eigenvalue weighted by molar-refractivity contribution is 5.89. The Morgan fingerprint density at radius 3 is 2.70 bits per heavy atom. The van der Waals surface area contributed by atoms with Crippen molar-refractivity contribution in [2.75, 3.05) is 17.6 Å². The van der Waals surface area contributed by atoms with E-state index in [0.29, 0.717) is 11.4 Å². The van der Waals surface area contributed by atoms with Crippen LogP contribution in [0.25, 0.3) is 10.9 Å². The molecule has 20 heavy (non-hydrogen) atoms. The number of fused-ring (bicyclic) bond motifs is 1. The van der Waals surface area contributed by atoms with Gasteiger partial charge in [-0.05, 0) is 36.8 Å². The first-order valence-electron chi connectivity index (χ1n) is 7.49. The number of anilines is 2. The van der Waals surface area contributed by atoms with Gasteiger partial charge in [-0.15, -0.1) is 0 Å². The molecule has 0 bridgehead atoms. The van der Waals surface area contributed by atoms with Crippen molar-refractivity contribution < 1.29 is 0 Å². The van der Waals surface area contributed by atoms with Gasteiger partial charge < -0.3 is 11.1 Å². The topological polar surface area (TPSA) is 63.8 Å². The Kier molecular flexibility index (Phi) is 3.47. The van der Waals surface area contributed by atoms with E-state index in [9.17, 15) is 0 Å². The third-order valence-corrected chi connectivity index (χ3v) is 4.67. The van der Waals surface area contributed by atoms with E-state index in [4.69, 9.17) is 5.73 Å². The summed E-state index contributed by atoms with van der Waals surface area (Å²) in [5.41, 5.74) is 7.15. The molecule has 0 unspecified atom stereocenters. The number of hydrogen-bond acceptors (Lipinski definition) is 4. The van der Waals surface area contributed by atoms with Crippen LogP contribution in [0.5, 0.6) is 0 Å². The van der Waals surface area contributed by atoms with Gasteiger partial charge in [-0.25, -0.2) is 4.98 Å². The van der Waals surface area contributed by atoms with Gasteiger partial charge in [0.15, 0.2) is 0 Å².